The zero-order chi connectivity index (χ0) is 19.6. The SMILES string of the molecule is CCCCCc1cc(O)c2c(c1)OC(C)(C)C1CCC(COC(C)=O)=CC21. The summed E-state index contributed by atoms with van der Waals surface area (Å²) in [4.78, 5) is 11.2. The quantitative estimate of drug-likeness (QED) is 0.419. The third-order valence-corrected chi connectivity index (χ3v) is 5.93. The first-order valence-electron chi connectivity index (χ1n) is 10.2. The second-order valence-electron chi connectivity index (χ2n) is 8.47. The largest absolute Gasteiger partial charge is 0.507 e. The van der Waals surface area contributed by atoms with Gasteiger partial charge >= 0.3 is 5.97 Å². The highest BCUT2D eigenvalue weighted by Gasteiger charge is 2.45. The van der Waals surface area contributed by atoms with Crippen molar-refractivity contribution in [2.75, 3.05) is 6.61 Å². The Bertz CT molecular complexity index is 732. The number of unbranched alkanes of at least 4 members (excludes halogenated alkanes) is 2. The number of fused-ring (bicyclic) bond motifs is 3. The summed E-state index contributed by atoms with van der Waals surface area (Å²) in [5, 5.41) is 10.8. The van der Waals surface area contributed by atoms with E-state index in [1.54, 1.807) is 0 Å². The fourth-order valence-corrected chi connectivity index (χ4v) is 4.52. The van der Waals surface area contributed by atoms with Gasteiger partial charge in [-0.05, 0) is 62.8 Å². The van der Waals surface area contributed by atoms with Crippen LogP contribution in [0.15, 0.2) is 23.8 Å². The summed E-state index contributed by atoms with van der Waals surface area (Å²) < 4.78 is 11.6. The van der Waals surface area contributed by atoms with Crippen LogP contribution in [0.5, 0.6) is 11.5 Å². The number of carbonyl (C=O) groups is 1. The van der Waals surface area contributed by atoms with E-state index in [-0.39, 0.29) is 17.5 Å². The van der Waals surface area contributed by atoms with E-state index < -0.39 is 0 Å². The van der Waals surface area contributed by atoms with Gasteiger partial charge in [-0.1, -0.05) is 25.8 Å². The van der Waals surface area contributed by atoms with Gasteiger partial charge < -0.3 is 14.6 Å². The van der Waals surface area contributed by atoms with Crippen molar-refractivity contribution < 1.29 is 19.4 Å². The van der Waals surface area contributed by atoms with Gasteiger partial charge in [0.15, 0.2) is 0 Å². The molecule has 0 saturated carbocycles. The normalized spacial score (nSPS) is 22.9. The van der Waals surface area contributed by atoms with E-state index in [4.69, 9.17) is 9.47 Å². The number of phenolic OH excluding ortho intramolecular Hbond substituents is 1. The number of hydrogen-bond donors (Lipinski definition) is 1. The number of hydrogen-bond acceptors (Lipinski definition) is 4. The Hall–Kier alpha value is -1.97. The van der Waals surface area contributed by atoms with Crippen LogP contribution >= 0.6 is 0 Å². The van der Waals surface area contributed by atoms with Crippen molar-refractivity contribution in [2.24, 2.45) is 5.92 Å². The number of carbonyl (C=O) groups excluding carboxylic acids is 1. The lowest BCUT2D eigenvalue weighted by atomic mass is 9.68. The maximum absolute atomic E-state index is 11.2. The van der Waals surface area contributed by atoms with Crippen molar-refractivity contribution in [1.82, 2.24) is 0 Å². The lowest BCUT2D eigenvalue weighted by molar-refractivity contribution is -0.140. The van der Waals surface area contributed by atoms with E-state index >= 15 is 0 Å². The predicted octanol–water partition coefficient (Wildman–Crippen LogP) is 5.28. The number of phenols is 1. The first-order chi connectivity index (χ1) is 12.8. The Labute approximate surface area is 162 Å². The maximum atomic E-state index is 11.2. The fraction of sp³-hybridized carbons (Fsp3) is 0.609. The molecule has 0 aromatic heterocycles. The fourth-order valence-electron chi connectivity index (χ4n) is 4.52. The molecule has 1 aliphatic heterocycles. The molecule has 2 unspecified atom stereocenters. The van der Waals surface area contributed by atoms with Crippen molar-refractivity contribution >= 4 is 5.97 Å². The summed E-state index contributed by atoms with van der Waals surface area (Å²) in [6.07, 6.45) is 8.50. The van der Waals surface area contributed by atoms with Gasteiger partial charge in [0.1, 0.15) is 23.7 Å². The Morgan fingerprint density at radius 3 is 2.81 bits per heavy atom. The highest BCUT2D eigenvalue weighted by Crippen LogP contribution is 2.53. The van der Waals surface area contributed by atoms with Crippen LogP contribution in [0, 0.1) is 5.92 Å². The summed E-state index contributed by atoms with van der Waals surface area (Å²) in [5.41, 5.74) is 2.85. The number of aromatic hydroxyl groups is 1. The molecule has 148 valence electrons. The number of esters is 1. The van der Waals surface area contributed by atoms with Gasteiger partial charge in [0.05, 0.1) is 0 Å². The van der Waals surface area contributed by atoms with Gasteiger partial charge in [-0.3, -0.25) is 4.79 Å². The molecule has 0 radical (unpaired) electrons. The van der Waals surface area contributed by atoms with Crippen molar-refractivity contribution in [1.29, 1.82) is 0 Å². The highest BCUT2D eigenvalue weighted by molar-refractivity contribution is 5.66. The minimum atomic E-state index is -0.296. The Kier molecular flexibility index (Phi) is 5.83. The summed E-state index contributed by atoms with van der Waals surface area (Å²) >= 11 is 0. The highest BCUT2D eigenvalue weighted by atomic mass is 16.5. The molecule has 0 saturated heterocycles. The molecule has 4 heteroatoms. The Balaban J connectivity index is 1.93. The van der Waals surface area contributed by atoms with E-state index in [1.165, 1.54) is 19.8 Å². The summed E-state index contributed by atoms with van der Waals surface area (Å²) in [6, 6.07) is 4.01. The molecule has 1 aromatic rings. The number of allylic oxidation sites excluding steroid dienone is 1. The molecule has 2 atom stereocenters. The van der Waals surface area contributed by atoms with Crippen LogP contribution in [0.4, 0.5) is 0 Å². The minimum absolute atomic E-state index is 0.0905. The minimum Gasteiger partial charge on any atom is -0.507 e. The summed E-state index contributed by atoms with van der Waals surface area (Å²) in [5.74, 6) is 1.26. The molecule has 4 nitrogen and oxygen atoms in total. The van der Waals surface area contributed by atoms with Gasteiger partial charge in [0, 0.05) is 24.3 Å². The first-order valence-corrected chi connectivity index (χ1v) is 10.2. The monoisotopic (exact) mass is 372 g/mol. The van der Waals surface area contributed by atoms with E-state index in [2.05, 4.69) is 32.9 Å². The topological polar surface area (TPSA) is 55.8 Å². The standard InChI is InChI=1S/C23H32O4/c1-5-6-7-8-16-12-20(25)22-18-11-17(14-26-15(2)24)9-10-19(18)23(3,4)27-21(22)13-16/h11-13,18-19,25H,5-10,14H2,1-4H3. The Morgan fingerprint density at radius 2 is 2.11 bits per heavy atom. The maximum Gasteiger partial charge on any atom is 0.302 e. The number of aryl methyl sites for hydroxylation is 1. The summed E-state index contributed by atoms with van der Waals surface area (Å²) in [7, 11) is 0. The molecule has 3 rings (SSSR count). The second kappa shape index (κ2) is 7.95. The molecule has 0 bridgehead atoms. The third-order valence-electron chi connectivity index (χ3n) is 5.93. The molecule has 1 aromatic carbocycles. The predicted molar refractivity (Wildman–Crippen MR) is 106 cm³/mol. The second-order valence-corrected chi connectivity index (χ2v) is 8.47. The lowest BCUT2D eigenvalue weighted by Gasteiger charge is -2.46. The molecule has 27 heavy (non-hydrogen) atoms. The molecular weight excluding hydrogens is 340 g/mol. The van der Waals surface area contributed by atoms with Crippen molar-refractivity contribution in [3.8, 4) is 11.5 Å². The number of rotatable bonds is 6. The third kappa shape index (κ3) is 4.31. The molecule has 0 amide bonds. The van der Waals surface area contributed by atoms with Crippen molar-refractivity contribution in [2.45, 2.75) is 77.7 Å². The van der Waals surface area contributed by atoms with Crippen LogP contribution < -0.4 is 4.74 Å². The zero-order valence-electron chi connectivity index (χ0n) is 17.0. The molecule has 1 aliphatic carbocycles. The molecule has 0 fully saturated rings. The van der Waals surface area contributed by atoms with Crippen molar-refractivity contribution in [3.63, 3.8) is 0 Å². The smallest absolute Gasteiger partial charge is 0.302 e. The summed E-state index contributed by atoms with van der Waals surface area (Å²) in [6.45, 7) is 8.24. The van der Waals surface area contributed by atoms with Gasteiger partial charge in [-0.15, -0.1) is 0 Å². The van der Waals surface area contributed by atoms with Crippen LogP contribution in [0.2, 0.25) is 0 Å². The van der Waals surface area contributed by atoms with E-state index in [9.17, 15) is 9.90 Å². The molecule has 2 aliphatic rings. The van der Waals surface area contributed by atoms with Gasteiger partial charge in [0.25, 0.3) is 0 Å². The van der Waals surface area contributed by atoms with E-state index in [1.807, 2.05) is 6.07 Å². The van der Waals surface area contributed by atoms with Crippen LogP contribution in [0.25, 0.3) is 0 Å². The van der Waals surface area contributed by atoms with Crippen LogP contribution in [0.1, 0.15) is 76.8 Å². The van der Waals surface area contributed by atoms with Crippen LogP contribution in [0.3, 0.4) is 0 Å². The Morgan fingerprint density at radius 1 is 1.33 bits per heavy atom. The van der Waals surface area contributed by atoms with Crippen LogP contribution in [-0.2, 0) is 16.0 Å². The average molecular weight is 373 g/mol. The lowest BCUT2D eigenvalue weighted by Crippen LogP contribution is -2.45. The number of benzene rings is 1. The van der Waals surface area contributed by atoms with E-state index in [0.29, 0.717) is 18.3 Å². The van der Waals surface area contributed by atoms with E-state index in [0.717, 1.165) is 48.1 Å². The van der Waals surface area contributed by atoms with Gasteiger partial charge in [-0.25, -0.2) is 0 Å². The zero-order valence-corrected chi connectivity index (χ0v) is 17.0. The number of ether oxygens (including phenoxy) is 2. The molecule has 1 N–H and O–H groups in total. The molecule has 0 spiro atoms. The van der Waals surface area contributed by atoms with Crippen LogP contribution in [-0.4, -0.2) is 23.3 Å². The average Bonchev–Trinajstić information content (AvgIpc) is 2.59. The van der Waals surface area contributed by atoms with Crippen molar-refractivity contribution in [3.05, 3.63) is 34.9 Å². The van der Waals surface area contributed by atoms with Gasteiger partial charge in [0.2, 0.25) is 0 Å². The van der Waals surface area contributed by atoms with Gasteiger partial charge in [-0.2, -0.15) is 0 Å². The molecular formula is C23H32O4. The first kappa shape index (κ1) is 19.8. The molecule has 1 heterocycles.